The van der Waals surface area contributed by atoms with Crippen molar-refractivity contribution in [2.75, 3.05) is 25.0 Å². The predicted molar refractivity (Wildman–Crippen MR) is 120 cm³/mol. The number of pyridine rings is 1. The van der Waals surface area contributed by atoms with Gasteiger partial charge in [-0.05, 0) is 48.2 Å². The first-order chi connectivity index (χ1) is 14.6. The molecule has 1 saturated heterocycles. The van der Waals surface area contributed by atoms with Crippen LogP contribution in [0.5, 0.6) is 0 Å². The fourth-order valence-corrected chi connectivity index (χ4v) is 4.12. The predicted octanol–water partition coefficient (Wildman–Crippen LogP) is 4.51. The molecule has 0 N–H and O–H groups in total. The molecule has 0 saturated carbocycles. The van der Waals surface area contributed by atoms with Crippen LogP contribution in [-0.2, 0) is 9.59 Å². The van der Waals surface area contributed by atoms with Gasteiger partial charge in [0.15, 0.2) is 0 Å². The van der Waals surface area contributed by atoms with E-state index < -0.39 is 0 Å². The van der Waals surface area contributed by atoms with Gasteiger partial charge in [0.1, 0.15) is 0 Å². The SMILES string of the molecule is CCC(=O)N1CCC(C(=O)N(C)c2ccc(-c3ccc4cccnc4c3)cc2)CC1. The normalized spacial score (nSPS) is 14.7. The molecule has 154 valence electrons. The van der Waals surface area contributed by atoms with Gasteiger partial charge in [-0.25, -0.2) is 0 Å². The zero-order valence-corrected chi connectivity index (χ0v) is 17.5. The molecule has 5 nitrogen and oxygen atoms in total. The first-order valence-corrected chi connectivity index (χ1v) is 10.6. The smallest absolute Gasteiger partial charge is 0.229 e. The molecule has 0 spiro atoms. The fraction of sp³-hybridized carbons (Fsp3) is 0.320. The van der Waals surface area contributed by atoms with Crippen LogP contribution >= 0.6 is 0 Å². The van der Waals surface area contributed by atoms with Crippen LogP contribution < -0.4 is 4.90 Å². The number of benzene rings is 2. The van der Waals surface area contributed by atoms with E-state index >= 15 is 0 Å². The highest BCUT2D eigenvalue weighted by atomic mass is 16.2. The van der Waals surface area contributed by atoms with Crippen LogP contribution in [0.3, 0.4) is 0 Å². The standard InChI is InChI=1S/C25H27N3O2/c1-3-24(29)28-15-12-20(13-16-28)25(30)27(2)22-10-8-18(9-11-22)21-7-6-19-5-4-14-26-23(19)17-21/h4-11,14,17,20H,3,12-13,15-16H2,1-2H3. The number of likely N-dealkylation sites (tertiary alicyclic amines) is 1. The maximum Gasteiger partial charge on any atom is 0.229 e. The quantitative estimate of drug-likeness (QED) is 0.646. The number of carbonyl (C=O) groups excluding carboxylic acids is 2. The second kappa shape index (κ2) is 8.66. The Bertz CT molecular complexity index is 1050. The highest BCUT2D eigenvalue weighted by Crippen LogP contribution is 2.27. The minimum absolute atomic E-state index is 0.0258. The zero-order chi connectivity index (χ0) is 21.1. The van der Waals surface area contributed by atoms with E-state index in [0.717, 1.165) is 40.6 Å². The Kier molecular flexibility index (Phi) is 5.79. The van der Waals surface area contributed by atoms with Crippen LogP contribution in [0.15, 0.2) is 60.8 Å². The number of aromatic nitrogens is 1. The van der Waals surface area contributed by atoms with Crippen molar-refractivity contribution >= 4 is 28.4 Å². The molecule has 1 fully saturated rings. The Morgan fingerprint density at radius 1 is 1.03 bits per heavy atom. The van der Waals surface area contributed by atoms with Crippen LogP contribution in [0.4, 0.5) is 5.69 Å². The second-order valence-corrected chi connectivity index (χ2v) is 7.86. The van der Waals surface area contributed by atoms with E-state index in [-0.39, 0.29) is 17.7 Å². The van der Waals surface area contributed by atoms with Gasteiger partial charge in [0.25, 0.3) is 0 Å². The maximum atomic E-state index is 13.0. The molecule has 30 heavy (non-hydrogen) atoms. The number of nitrogens with zero attached hydrogens (tertiary/aromatic N) is 3. The molecule has 0 aliphatic carbocycles. The van der Waals surface area contributed by atoms with Gasteiger partial charge in [0.2, 0.25) is 11.8 Å². The molecule has 2 amide bonds. The Morgan fingerprint density at radius 2 is 1.73 bits per heavy atom. The first kappa shape index (κ1) is 20.1. The van der Waals surface area contributed by atoms with E-state index in [9.17, 15) is 9.59 Å². The van der Waals surface area contributed by atoms with E-state index in [0.29, 0.717) is 19.5 Å². The molecule has 3 aromatic rings. The molecular weight excluding hydrogens is 374 g/mol. The summed E-state index contributed by atoms with van der Waals surface area (Å²) in [4.78, 5) is 32.9. The van der Waals surface area contributed by atoms with Crippen LogP contribution in [0.25, 0.3) is 22.0 Å². The lowest BCUT2D eigenvalue weighted by atomic mass is 9.95. The number of anilines is 1. The Hall–Kier alpha value is -3.21. The number of carbonyl (C=O) groups is 2. The van der Waals surface area contributed by atoms with Gasteiger partial charge in [-0.1, -0.05) is 37.3 Å². The van der Waals surface area contributed by atoms with Gasteiger partial charge >= 0.3 is 0 Å². The van der Waals surface area contributed by atoms with Crippen molar-refractivity contribution in [2.45, 2.75) is 26.2 Å². The average molecular weight is 402 g/mol. The van der Waals surface area contributed by atoms with Gasteiger partial charge < -0.3 is 9.80 Å². The lowest BCUT2D eigenvalue weighted by Gasteiger charge is -2.33. The van der Waals surface area contributed by atoms with E-state index in [1.807, 2.05) is 49.2 Å². The topological polar surface area (TPSA) is 53.5 Å². The summed E-state index contributed by atoms with van der Waals surface area (Å²) in [5, 5.41) is 1.12. The summed E-state index contributed by atoms with van der Waals surface area (Å²) >= 11 is 0. The van der Waals surface area contributed by atoms with Crippen molar-refractivity contribution in [2.24, 2.45) is 5.92 Å². The molecular formula is C25H27N3O2. The van der Waals surface area contributed by atoms with E-state index in [1.165, 1.54) is 0 Å². The Labute approximate surface area is 177 Å². The number of fused-ring (bicyclic) bond motifs is 1. The van der Waals surface area contributed by atoms with Crippen molar-refractivity contribution < 1.29 is 9.59 Å². The Balaban J connectivity index is 1.44. The summed E-state index contributed by atoms with van der Waals surface area (Å²) in [5.41, 5.74) is 4.06. The summed E-state index contributed by atoms with van der Waals surface area (Å²) in [6.45, 7) is 3.23. The van der Waals surface area contributed by atoms with Gasteiger partial charge in [0, 0.05) is 49.7 Å². The second-order valence-electron chi connectivity index (χ2n) is 7.86. The maximum absolute atomic E-state index is 13.0. The van der Waals surface area contributed by atoms with Crippen molar-refractivity contribution in [1.82, 2.24) is 9.88 Å². The van der Waals surface area contributed by atoms with Crippen LogP contribution in [0.1, 0.15) is 26.2 Å². The lowest BCUT2D eigenvalue weighted by molar-refractivity contribution is -0.134. The third kappa shape index (κ3) is 4.06. The molecule has 1 aliphatic heterocycles. The molecule has 1 aliphatic rings. The van der Waals surface area contributed by atoms with Crippen molar-refractivity contribution in [3.63, 3.8) is 0 Å². The summed E-state index contributed by atoms with van der Waals surface area (Å²) in [6.07, 6.45) is 3.80. The monoisotopic (exact) mass is 401 g/mol. The summed E-state index contributed by atoms with van der Waals surface area (Å²) in [6, 6.07) is 18.3. The third-order valence-corrected chi connectivity index (χ3v) is 6.02. The van der Waals surface area contributed by atoms with Gasteiger partial charge in [-0.3, -0.25) is 14.6 Å². The van der Waals surface area contributed by atoms with Gasteiger partial charge in [-0.15, -0.1) is 0 Å². The number of hydrogen-bond acceptors (Lipinski definition) is 3. The fourth-order valence-electron chi connectivity index (χ4n) is 4.12. The van der Waals surface area contributed by atoms with Crippen molar-refractivity contribution in [3.8, 4) is 11.1 Å². The van der Waals surface area contributed by atoms with Crippen LogP contribution in [-0.4, -0.2) is 41.8 Å². The molecule has 0 unspecified atom stereocenters. The molecule has 0 atom stereocenters. The number of amides is 2. The molecule has 4 rings (SSSR count). The summed E-state index contributed by atoms with van der Waals surface area (Å²) < 4.78 is 0. The Morgan fingerprint density at radius 3 is 2.43 bits per heavy atom. The summed E-state index contributed by atoms with van der Waals surface area (Å²) in [7, 11) is 1.83. The van der Waals surface area contributed by atoms with E-state index in [1.54, 1.807) is 11.1 Å². The van der Waals surface area contributed by atoms with Crippen molar-refractivity contribution in [1.29, 1.82) is 0 Å². The van der Waals surface area contributed by atoms with E-state index in [4.69, 9.17) is 0 Å². The number of rotatable bonds is 4. The highest BCUT2D eigenvalue weighted by Gasteiger charge is 2.29. The third-order valence-electron chi connectivity index (χ3n) is 6.02. The molecule has 0 radical (unpaired) electrons. The molecule has 2 heterocycles. The van der Waals surface area contributed by atoms with Gasteiger partial charge in [-0.2, -0.15) is 0 Å². The first-order valence-electron chi connectivity index (χ1n) is 10.6. The van der Waals surface area contributed by atoms with Gasteiger partial charge in [0.05, 0.1) is 5.52 Å². The van der Waals surface area contributed by atoms with E-state index in [2.05, 4.69) is 29.2 Å². The lowest BCUT2D eigenvalue weighted by Crippen LogP contribution is -2.43. The molecule has 1 aromatic heterocycles. The van der Waals surface area contributed by atoms with Crippen LogP contribution in [0, 0.1) is 5.92 Å². The minimum atomic E-state index is -0.0258. The average Bonchev–Trinajstić information content (AvgIpc) is 2.82. The molecule has 2 aromatic carbocycles. The minimum Gasteiger partial charge on any atom is -0.343 e. The zero-order valence-electron chi connectivity index (χ0n) is 17.5. The highest BCUT2D eigenvalue weighted by molar-refractivity contribution is 5.95. The van der Waals surface area contributed by atoms with Crippen LogP contribution in [0.2, 0.25) is 0 Å². The molecule has 5 heteroatoms. The summed E-state index contributed by atoms with van der Waals surface area (Å²) in [5.74, 6) is 0.275. The van der Waals surface area contributed by atoms with Crippen molar-refractivity contribution in [3.05, 3.63) is 60.8 Å². The number of hydrogen-bond donors (Lipinski definition) is 0. The molecule has 0 bridgehead atoms. The largest absolute Gasteiger partial charge is 0.343 e. The number of piperidine rings is 1.